The number of ether oxygens (including phenoxy) is 1. The first-order valence-corrected chi connectivity index (χ1v) is 8.46. The van der Waals surface area contributed by atoms with Crippen LogP contribution in [0.2, 0.25) is 0 Å². The summed E-state index contributed by atoms with van der Waals surface area (Å²) in [6, 6.07) is 6.96. The minimum atomic E-state index is -0.627. The average Bonchev–Trinajstić information content (AvgIpc) is 2.62. The Morgan fingerprint density at radius 2 is 2.08 bits per heavy atom. The van der Waals surface area contributed by atoms with Gasteiger partial charge >= 0.3 is 5.63 Å². The molecule has 132 valence electrons. The Labute approximate surface area is 146 Å². The highest BCUT2D eigenvalue weighted by Crippen LogP contribution is 2.25. The van der Waals surface area contributed by atoms with Gasteiger partial charge in [0.1, 0.15) is 5.56 Å². The van der Waals surface area contributed by atoms with Crippen LogP contribution >= 0.6 is 0 Å². The topological polar surface area (TPSA) is 63.0 Å². The van der Waals surface area contributed by atoms with E-state index in [1.807, 2.05) is 19.1 Å². The van der Waals surface area contributed by atoms with Crippen molar-refractivity contribution in [2.24, 2.45) is 0 Å². The quantitative estimate of drug-likeness (QED) is 0.615. The number of para-hydroxylation sites is 1. The van der Waals surface area contributed by atoms with Gasteiger partial charge in [-0.3, -0.25) is 9.69 Å². The van der Waals surface area contributed by atoms with Crippen molar-refractivity contribution < 1.29 is 13.9 Å². The van der Waals surface area contributed by atoms with Gasteiger partial charge in [-0.25, -0.2) is 4.79 Å². The van der Waals surface area contributed by atoms with Crippen molar-refractivity contribution in [2.45, 2.75) is 6.92 Å². The normalized spacial score (nSPS) is 15.3. The van der Waals surface area contributed by atoms with Gasteiger partial charge in [0.15, 0.2) is 11.3 Å². The van der Waals surface area contributed by atoms with Crippen LogP contribution in [0.15, 0.2) is 46.1 Å². The first-order chi connectivity index (χ1) is 12.1. The molecule has 0 unspecified atom stereocenters. The zero-order chi connectivity index (χ0) is 17.8. The molecule has 0 N–H and O–H groups in total. The summed E-state index contributed by atoms with van der Waals surface area (Å²) in [6.45, 7) is 9.58. The highest BCUT2D eigenvalue weighted by Gasteiger charge is 2.24. The van der Waals surface area contributed by atoms with E-state index in [0.29, 0.717) is 36.4 Å². The van der Waals surface area contributed by atoms with Crippen molar-refractivity contribution in [3.05, 3.63) is 52.9 Å². The van der Waals surface area contributed by atoms with Crippen LogP contribution in [0, 0.1) is 0 Å². The van der Waals surface area contributed by atoms with E-state index < -0.39 is 5.63 Å². The van der Waals surface area contributed by atoms with Gasteiger partial charge < -0.3 is 14.1 Å². The number of carbonyl (C=O) groups is 1. The van der Waals surface area contributed by atoms with Crippen molar-refractivity contribution in [2.75, 3.05) is 39.3 Å². The number of rotatable bonds is 5. The van der Waals surface area contributed by atoms with Gasteiger partial charge in [-0.2, -0.15) is 0 Å². The lowest BCUT2D eigenvalue weighted by Gasteiger charge is -2.33. The summed E-state index contributed by atoms with van der Waals surface area (Å²) in [7, 11) is 0. The number of fused-ring (bicyclic) bond motifs is 1. The van der Waals surface area contributed by atoms with Crippen molar-refractivity contribution in [1.29, 1.82) is 0 Å². The Kier molecular flexibility index (Phi) is 5.19. The molecule has 6 nitrogen and oxygen atoms in total. The Morgan fingerprint density at radius 1 is 1.32 bits per heavy atom. The number of hydrogen-bond acceptors (Lipinski definition) is 5. The van der Waals surface area contributed by atoms with Gasteiger partial charge in [-0.05, 0) is 19.1 Å². The summed E-state index contributed by atoms with van der Waals surface area (Å²) in [4.78, 5) is 29.0. The monoisotopic (exact) mass is 342 g/mol. The fourth-order valence-corrected chi connectivity index (χ4v) is 3.02. The Hall–Kier alpha value is -2.60. The molecule has 0 atom stereocenters. The molecule has 0 saturated carbocycles. The number of nitrogens with zero attached hydrogens (tertiary/aromatic N) is 2. The van der Waals surface area contributed by atoms with Crippen molar-refractivity contribution in [1.82, 2.24) is 9.80 Å². The van der Waals surface area contributed by atoms with Crippen molar-refractivity contribution >= 4 is 16.9 Å². The maximum absolute atomic E-state index is 12.7. The zero-order valence-electron chi connectivity index (χ0n) is 14.4. The molecule has 1 amide bonds. The second-order valence-electron chi connectivity index (χ2n) is 5.94. The predicted octanol–water partition coefficient (Wildman–Crippen LogP) is 2.14. The molecule has 0 spiro atoms. The molecule has 1 aliphatic rings. The van der Waals surface area contributed by atoms with E-state index in [1.54, 1.807) is 23.1 Å². The molecule has 2 aromatic rings. The maximum Gasteiger partial charge on any atom is 0.349 e. The third-order valence-electron chi connectivity index (χ3n) is 4.30. The molecule has 1 aliphatic heterocycles. The fourth-order valence-electron chi connectivity index (χ4n) is 3.02. The van der Waals surface area contributed by atoms with Crippen LogP contribution in [0.4, 0.5) is 0 Å². The van der Waals surface area contributed by atoms with Gasteiger partial charge in [0.2, 0.25) is 0 Å². The number of amides is 1. The van der Waals surface area contributed by atoms with Crippen LogP contribution < -0.4 is 10.4 Å². The largest absolute Gasteiger partial charge is 0.490 e. The Morgan fingerprint density at radius 3 is 2.76 bits per heavy atom. The number of benzene rings is 1. The SMILES string of the molecule is C=CCN1CCN(C(=O)c2cc3cccc(OCC)c3oc2=O)CC1. The molecule has 0 aliphatic carbocycles. The van der Waals surface area contributed by atoms with E-state index in [-0.39, 0.29) is 11.5 Å². The molecule has 0 radical (unpaired) electrons. The highest BCUT2D eigenvalue weighted by atomic mass is 16.5. The molecular formula is C19H22N2O4. The van der Waals surface area contributed by atoms with Crippen LogP contribution in [-0.4, -0.2) is 55.0 Å². The summed E-state index contributed by atoms with van der Waals surface area (Å²) < 4.78 is 10.9. The zero-order valence-corrected chi connectivity index (χ0v) is 14.4. The van der Waals surface area contributed by atoms with E-state index in [2.05, 4.69) is 11.5 Å². The number of piperazine rings is 1. The lowest BCUT2D eigenvalue weighted by molar-refractivity contribution is 0.0646. The van der Waals surface area contributed by atoms with Crippen LogP contribution in [0.25, 0.3) is 11.0 Å². The van der Waals surface area contributed by atoms with E-state index in [9.17, 15) is 9.59 Å². The second-order valence-corrected chi connectivity index (χ2v) is 5.94. The van der Waals surface area contributed by atoms with E-state index in [4.69, 9.17) is 9.15 Å². The van der Waals surface area contributed by atoms with E-state index in [0.717, 1.165) is 19.6 Å². The van der Waals surface area contributed by atoms with Crippen molar-refractivity contribution in [3.63, 3.8) is 0 Å². The van der Waals surface area contributed by atoms with E-state index >= 15 is 0 Å². The summed E-state index contributed by atoms with van der Waals surface area (Å²) >= 11 is 0. The van der Waals surface area contributed by atoms with E-state index in [1.165, 1.54) is 0 Å². The molecule has 1 fully saturated rings. The molecule has 25 heavy (non-hydrogen) atoms. The first-order valence-electron chi connectivity index (χ1n) is 8.46. The third-order valence-corrected chi connectivity index (χ3v) is 4.30. The van der Waals surface area contributed by atoms with Gasteiger partial charge in [0, 0.05) is 38.1 Å². The first kappa shape index (κ1) is 17.2. The van der Waals surface area contributed by atoms with Crippen LogP contribution in [0.5, 0.6) is 5.75 Å². The van der Waals surface area contributed by atoms with Gasteiger partial charge in [-0.15, -0.1) is 6.58 Å². The standard InChI is InChI=1S/C19H22N2O4/c1-3-8-20-9-11-21(12-10-20)18(22)15-13-14-6-5-7-16(24-4-2)17(14)25-19(15)23/h3,5-7,13H,1,4,8-12H2,2H3. The molecule has 1 aromatic heterocycles. The van der Waals surface area contributed by atoms with Crippen LogP contribution in [-0.2, 0) is 0 Å². The maximum atomic E-state index is 12.7. The van der Waals surface area contributed by atoms with Gasteiger partial charge in [0.05, 0.1) is 6.61 Å². The molecule has 1 aromatic carbocycles. The Balaban J connectivity index is 1.86. The number of hydrogen-bond donors (Lipinski definition) is 0. The smallest absolute Gasteiger partial charge is 0.349 e. The highest BCUT2D eigenvalue weighted by molar-refractivity contribution is 5.97. The van der Waals surface area contributed by atoms with Crippen LogP contribution in [0.3, 0.4) is 0 Å². The summed E-state index contributed by atoms with van der Waals surface area (Å²) in [6.07, 6.45) is 1.85. The minimum absolute atomic E-state index is 0.0679. The number of carbonyl (C=O) groups excluding carboxylic acids is 1. The van der Waals surface area contributed by atoms with Gasteiger partial charge in [0.25, 0.3) is 5.91 Å². The molecule has 1 saturated heterocycles. The molecular weight excluding hydrogens is 320 g/mol. The van der Waals surface area contributed by atoms with Crippen molar-refractivity contribution in [3.8, 4) is 5.75 Å². The fraction of sp³-hybridized carbons (Fsp3) is 0.368. The Bertz CT molecular complexity index is 835. The average molecular weight is 342 g/mol. The van der Waals surface area contributed by atoms with Crippen LogP contribution in [0.1, 0.15) is 17.3 Å². The minimum Gasteiger partial charge on any atom is -0.490 e. The van der Waals surface area contributed by atoms with Gasteiger partial charge in [-0.1, -0.05) is 18.2 Å². The lowest BCUT2D eigenvalue weighted by Crippen LogP contribution is -2.49. The second kappa shape index (κ2) is 7.53. The summed E-state index contributed by atoms with van der Waals surface area (Å²) in [5.74, 6) is 0.227. The molecule has 2 heterocycles. The molecule has 6 heteroatoms. The summed E-state index contributed by atoms with van der Waals surface area (Å²) in [5, 5.41) is 0.680. The lowest BCUT2D eigenvalue weighted by atomic mass is 10.1. The third kappa shape index (κ3) is 3.58. The molecule has 0 bridgehead atoms. The summed E-state index contributed by atoms with van der Waals surface area (Å²) in [5.41, 5.74) is -0.182. The molecule has 3 rings (SSSR count). The predicted molar refractivity (Wildman–Crippen MR) is 96.2 cm³/mol.